The average Bonchev–Trinajstić information content (AvgIpc) is 2.60. The van der Waals surface area contributed by atoms with Crippen LogP contribution in [0.1, 0.15) is 10.4 Å². The van der Waals surface area contributed by atoms with Gasteiger partial charge in [-0.1, -0.05) is 12.1 Å². The van der Waals surface area contributed by atoms with Crippen LogP contribution in [0.2, 0.25) is 0 Å². The summed E-state index contributed by atoms with van der Waals surface area (Å²) in [5.41, 5.74) is 0.797. The number of carboxylic acid groups (broad SMARTS) is 1. The van der Waals surface area contributed by atoms with Gasteiger partial charge in [-0.2, -0.15) is 0 Å². The van der Waals surface area contributed by atoms with Crippen molar-refractivity contribution in [1.29, 1.82) is 0 Å². The number of carbonyl (C=O) groups is 2. The molecule has 2 aromatic rings. The molecule has 2 aromatic carbocycles. The Morgan fingerprint density at radius 2 is 1.83 bits per heavy atom. The molecule has 1 aliphatic heterocycles. The molecule has 0 radical (unpaired) electrons. The number of thioether (sulfide) groups is 1. The topological polar surface area (TPSA) is 84.9 Å². The molecule has 7 heteroatoms. The molecule has 3 rings (SSSR count). The number of aromatic carboxylic acids is 1. The molecule has 1 aliphatic rings. The van der Waals surface area contributed by atoms with Crippen molar-refractivity contribution < 1.29 is 24.2 Å². The summed E-state index contributed by atoms with van der Waals surface area (Å²) in [7, 11) is 0. The predicted octanol–water partition coefficient (Wildman–Crippen LogP) is 2.89. The molecule has 0 saturated heterocycles. The third-order valence-electron chi connectivity index (χ3n) is 3.30. The largest absolute Gasteiger partial charge is 0.486 e. The minimum absolute atomic E-state index is 0.110. The van der Waals surface area contributed by atoms with E-state index in [9.17, 15) is 9.59 Å². The van der Waals surface area contributed by atoms with Gasteiger partial charge in [0.15, 0.2) is 11.5 Å². The standard InChI is InChI=1S/C17H15NO5S/c19-16(10-24-15-4-2-1-3-12(15)17(20)21)18-11-5-6-13-14(9-11)23-8-7-22-13/h1-6,9H,7-8,10H2,(H,18,19)(H,20,21). The van der Waals surface area contributed by atoms with Crippen molar-refractivity contribution in [2.45, 2.75) is 4.90 Å². The first kappa shape index (κ1) is 16.2. The van der Waals surface area contributed by atoms with E-state index < -0.39 is 5.97 Å². The second kappa shape index (κ2) is 7.27. The van der Waals surface area contributed by atoms with E-state index in [1.54, 1.807) is 36.4 Å². The van der Waals surface area contributed by atoms with Crippen LogP contribution in [0, 0.1) is 0 Å². The number of rotatable bonds is 5. The van der Waals surface area contributed by atoms with E-state index in [-0.39, 0.29) is 17.2 Å². The molecule has 0 fully saturated rings. The maximum absolute atomic E-state index is 12.1. The number of hydrogen-bond donors (Lipinski definition) is 2. The Kier molecular flexibility index (Phi) is 4.90. The number of fused-ring (bicyclic) bond motifs is 1. The minimum atomic E-state index is -1.01. The second-order valence-electron chi connectivity index (χ2n) is 5.00. The van der Waals surface area contributed by atoms with Gasteiger partial charge in [-0.25, -0.2) is 4.79 Å². The van der Waals surface area contributed by atoms with Gasteiger partial charge in [0.25, 0.3) is 0 Å². The SMILES string of the molecule is O=C(CSc1ccccc1C(=O)O)Nc1ccc2c(c1)OCCO2. The van der Waals surface area contributed by atoms with Crippen LogP contribution in [0.15, 0.2) is 47.4 Å². The lowest BCUT2D eigenvalue weighted by Crippen LogP contribution is -2.17. The van der Waals surface area contributed by atoms with Crippen LogP contribution in [0.4, 0.5) is 5.69 Å². The first-order valence-corrected chi connectivity index (χ1v) is 8.26. The molecule has 1 amide bonds. The lowest BCUT2D eigenvalue weighted by molar-refractivity contribution is -0.113. The third kappa shape index (κ3) is 3.80. The van der Waals surface area contributed by atoms with Crippen molar-refractivity contribution in [2.75, 3.05) is 24.3 Å². The van der Waals surface area contributed by atoms with Crippen molar-refractivity contribution in [2.24, 2.45) is 0 Å². The fourth-order valence-electron chi connectivity index (χ4n) is 2.23. The Labute approximate surface area is 142 Å². The Balaban J connectivity index is 1.61. The number of benzene rings is 2. The van der Waals surface area contributed by atoms with Crippen LogP contribution < -0.4 is 14.8 Å². The Bertz CT molecular complexity index is 777. The summed E-state index contributed by atoms with van der Waals surface area (Å²) in [4.78, 5) is 23.8. The molecule has 0 spiro atoms. The summed E-state index contributed by atoms with van der Waals surface area (Å²) in [5.74, 6) is 0.132. The molecule has 0 aromatic heterocycles. The van der Waals surface area contributed by atoms with E-state index >= 15 is 0 Å². The quantitative estimate of drug-likeness (QED) is 0.811. The molecule has 0 unspecified atom stereocenters. The van der Waals surface area contributed by atoms with Crippen LogP contribution in [-0.4, -0.2) is 35.9 Å². The minimum Gasteiger partial charge on any atom is -0.486 e. The van der Waals surface area contributed by atoms with E-state index in [0.29, 0.717) is 35.3 Å². The van der Waals surface area contributed by atoms with Crippen LogP contribution in [-0.2, 0) is 4.79 Å². The van der Waals surface area contributed by atoms with Crippen molar-refractivity contribution in [3.63, 3.8) is 0 Å². The van der Waals surface area contributed by atoms with Crippen molar-refractivity contribution in [3.8, 4) is 11.5 Å². The molecule has 0 bridgehead atoms. The van der Waals surface area contributed by atoms with Crippen molar-refractivity contribution >= 4 is 29.3 Å². The van der Waals surface area contributed by atoms with E-state index in [1.165, 1.54) is 17.8 Å². The molecule has 1 heterocycles. The van der Waals surface area contributed by atoms with E-state index in [2.05, 4.69) is 5.32 Å². The highest BCUT2D eigenvalue weighted by Gasteiger charge is 2.14. The van der Waals surface area contributed by atoms with Crippen LogP contribution >= 0.6 is 11.8 Å². The summed E-state index contributed by atoms with van der Waals surface area (Å²) in [6.07, 6.45) is 0. The van der Waals surface area contributed by atoms with Gasteiger partial charge >= 0.3 is 5.97 Å². The first-order chi connectivity index (χ1) is 11.6. The second-order valence-corrected chi connectivity index (χ2v) is 6.01. The molecule has 24 heavy (non-hydrogen) atoms. The fourth-order valence-corrected chi connectivity index (χ4v) is 3.08. The number of carboxylic acids is 1. The van der Waals surface area contributed by atoms with Crippen molar-refractivity contribution in [1.82, 2.24) is 0 Å². The summed E-state index contributed by atoms with van der Waals surface area (Å²) < 4.78 is 10.9. The van der Waals surface area contributed by atoms with Gasteiger partial charge in [-0.15, -0.1) is 11.8 Å². The molecular formula is C17H15NO5S. The highest BCUT2D eigenvalue weighted by molar-refractivity contribution is 8.00. The molecular weight excluding hydrogens is 330 g/mol. The first-order valence-electron chi connectivity index (χ1n) is 7.28. The molecule has 2 N–H and O–H groups in total. The average molecular weight is 345 g/mol. The zero-order valence-electron chi connectivity index (χ0n) is 12.7. The Morgan fingerprint density at radius 1 is 1.08 bits per heavy atom. The van der Waals surface area contributed by atoms with E-state index in [4.69, 9.17) is 14.6 Å². The van der Waals surface area contributed by atoms with Gasteiger partial charge in [-0.05, 0) is 24.3 Å². The molecule has 6 nitrogen and oxygen atoms in total. The molecule has 0 aliphatic carbocycles. The van der Waals surface area contributed by atoms with Crippen molar-refractivity contribution in [3.05, 3.63) is 48.0 Å². The zero-order valence-corrected chi connectivity index (χ0v) is 13.5. The monoisotopic (exact) mass is 345 g/mol. The van der Waals surface area contributed by atoms with Crippen LogP contribution in [0.25, 0.3) is 0 Å². The number of anilines is 1. The number of ether oxygens (including phenoxy) is 2. The van der Waals surface area contributed by atoms with Crippen LogP contribution in [0.5, 0.6) is 11.5 Å². The highest BCUT2D eigenvalue weighted by Crippen LogP contribution is 2.32. The number of nitrogens with one attached hydrogen (secondary N) is 1. The van der Waals surface area contributed by atoms with Gasteiger partial charge in [0, 0.05) is 16.6 Å². The van der Waals surface area contributed by atoms with Gasteiger partial charge in [0.05, 0.1) is 11.3 Å². The van der Waals surface area contributed by atoms with Gasteiger partial charge in [-0.3, -0.25) is 4.79 Å². The van der Waals surface area contributed by atoms with Gasteiger partial charge in [0.2, 0.25) is 5.91 Å². The molecule has 0 atom stereocenters. The Morgan fingerprint density at radius 3 is 2.62 bits per heavy atom. The summed E-state index contributed by atoms with van der Waals surface area (Å²) >= 11 is 1.18. The summed E-state index contributed by atoms with van der Waals surface area (Å²) in [6, 6.07) is 11.8. The molecule has 0 saturated carbocycles. The van der Waals surface area contributed by atoms with Crippen LogP contribution in [0.3, 0.4) is 0 Å². The molecule has 124 valence electrons. The predicted molar refractivity (Wildman–Crippen MR) is 90.2 cm³/mol. The van der Waals surface area contributed by atoms with Gasteiger partial charge < -0.3 is 19.9 Å². The van der Waals surface area contributed by atoms with E-state index in [1.807, 2.05) is 0 Å². The fraction of sp³-hybridized carbons (Fsp3) is 0.176. The number of hydrogen-bond acceptors (Lipinski definition) is 5. The lowest BCUT2D eigenvalue weighted by Gasteiger charge is -2.19. The van der Waals surface area contributed by atoms with Gasteiger partial charge in [0.1, 0.15) is 13.2 Å². The smallest absolute Gasteiger partial charge is 0.336 e. The van der Waals surface area contributed by atoms with E-state index in [0.717, 1.165) is 0 Å². The summed E-state index contributed by atoms with van der Waals surface area (Å²) in [6.45, 7) is 0.991. The zero-order chi connectivity index (χ0) is 16.9. The lowest BCUT2D eigenvalue weighted by atomic mass is 10.2. The number of carbonyl (C=O) groups excluding carboxylic acids is 1. The maximum Gasteiger partial charge on any atom is 0.336 e. The third-order valence-corrected chi connectivity index (χ3v) is 4.38. The highest BCUT2D eigenvalue weighted by atomic mass is 32.2. The number of amides is 1. The Hall–Kier alpha value is -2.67. The maximum atomic E-state index is 12.1. The normalized spacial score (nSPS) is 12.5. The summed E-state index contributed by atoms with van der Waals surface area (Å²) in [5, 5.41) is 11.9.